The lowest BCUT2D eigenvalue weighted by atomic mass is 10.1. The molecular weight excluding hydrogens is 294 g/mol. The molecule has 18 heavy (non-hydrogen) atoms. The van der Waals surface area contributed by atoms with E-state index in [0.29, 0.717) is 21.9 Å². The highest BCUT2D eigenvalue weighted by Crippen LogP contribution is 2.17. The third-order valence-electron chi connectivity index (χ3n) is 2.44. The maximum absolute atomic E-state index is 11.8. The molecule has 2 aromatic rings. The van der Waals surface area contributed by atoms with Crippen molar-refractivity contribution in [3.05, 3.63) is 44.9 Å². The summed E-state index contributed by atoms with van der Waals surface area (Å²) in [5.41, 5.74) is 1.28. The summed E-state index contributed by atoms with van der Waals surface area (Å²) in [7, 11) is 0. The smallest absolute Gasteiger partial charge is 0.265 e. The number of H-pyrrole nitrogens is 1. The molecule has 0 unspecified atom stereocenters. The molecule has 0 spiro atoms. The zero-order chi connectivity index (χ0) is 13.1. The number of nitrogens with one attached hydrogen (secondary N) is 1. The number of aromatic amines is 1. The lowest BCUT2D eigenvalue weighted by Crippen LogP contribution is -2.15. The lowest BCUT2D eigenvalue weighted by molar-refractivity contribution is 0.631. The molecular formula is C13H14BrN3O. The van der Waals surface area contributed by atoms with Crippen LogP contribution in [0.3, 0.4) is 0 Å². The molecule has 2 heterocycles. The first-order valence-corrected chi connectivity index (χ1v) is 6.57. The minimum Gasteiger partial charge on any atom is -0.304 e. The fourth-order valence-electron chi connectivity index (χ4n) is 1.65. The summed E-state index contributed by atoms with van der Waals surface area (Å²) in [6.07, 6.45) is 2.43. The largest absolute Gasteiger partial charge is 0.304 e. The van der Waals surface area contributed by atoms with Crippen LogP contribution in [-0.4, -0.2) is 15.0 Å². The molecule has 0 fully saturated rings. The molecule has 0 aromatic carbocycles. The van der Waals surface area contributed by atoms with Crippen molar-refractivity contribution >= 4 is 15.9 Å². The van der Waals surface area contributed by atoms with Gasteiger partial charge in [0.2, 0.25) is 0 Å². The molecule has 1 N–H and O–H groups in total. The maximum Gasteiger partial charge on any atom is 0.265 e. The minimum absolute atomic E-state index is 0.165. The van der Waals surface area contributed by atoms with Gasteiger partial charge in [0.15, 0.2) is 5.82 Å². The topological polar surface area (TPSA) is 58.6 Å². The van der Waals surface area contributed by atoms with E-state index in [9.17, 15) is 4.79 Å². The molecule has 0 amide bonds. The van der Waals surface area contributed by atoms with Gasteiger partial charge in [-0.3, -0.25) is 9.78 Å². The Hall–Kier alpha value is -1.49. The predicted octanol–water partition coefficient (Wildman–Crippen LogP) is 2.79. The molecule has 0 aliphatic rings. The molecule has 0 saturated heterocycles. The van der Waals surface area contributed by atoms with Crippen molar-refractivity contribution in [2.75, 3.05) is 0 Å². The van der Waals surface area contributed by atoms with Crippen LogP contribution in [-0.2, 0) is 6.42 Å². The predicted molar refractivity (Wildman–Crippen MR) is 74.3 cm³/mol. The van der Waals surface area contributed by atoms with Gasteiger partial charge in [-0.1, -0.05) is 19.9 Å². The third kappa shape index (κ3) is 2.85. The third-order valence-corrected chi connectivity index (χ3v) is 3.26. The quantitative estimate of drug-likeness (QED) is 0.948. The molecule has 0 atom stereocenters. The normalized spacial score (nSPS) is 10.9. The second kappa shape index (κ2) is 5.44. The first kappa shape index (κ1) is 13.0. The van der Waals surface area contributed by atoms with Crippen LogP contribution in [0.15, 0.2) is 33.7 Å². The van der Waals surface area contributed by atoms with E-state index in [2.05, 4.69) is 44.7 Å². The van der Waals surface area contributed by atoms with E-state index in [1.165, 1.54) is 0 Å². The van der Waals surface area contributed by atoms with Crippen LogP contribution in [0, 0.1) is 5.92 Å². The Kier molecular flexibility index (Phi) is 3.91. The molecule has 0 aliphatic heterocycles. The average molecular weight is 308 g/mol. The number of aromatic nitrogens is 3. The highest BCUT2D eigenvalue weighted by Gasteiger charge is 2.12. The van der Waals surface area contributed by atoms with Crippen molar-refractivity contribution in [2.24, 2.45) is 5.92 Å². The van der Waals surface area contributed by atoms with Gasteiger partial charge in [-0.2, -0.15) is 0 Å². The summed E-state index contributed by atoms with van der Waals surface area (Å²) >= 11 is 3.29. The van der Waals surface area contributed by atoms with E-state index < -0.39 is 0 Å². The fourth-order valence-corrected chi connectivity index (χ4v) is 2.00. The van der Waals surface area contributed by atoms with Crippen molar-refractivity contribution in [1.29, 1.82) is 0 Å². The summed E-state index contributed by atoms with van der Waals surface area (Å²) in [6, 6.07) is 5.52. The van der Waals surface area contributed by atoms with E-state index in [1.807, 2.05) is 18.2 Å². The Morgan fingerprint density at radius 3 is 2.78 bits per heavy atom. The van der Waals surface area contributed by atoms with Gasteiger partial charge in [0.05, 0.1) is 5.69 Å². The monoisotopic (exact) mass is 307 g/mol. The van der Waals surface area contributed by atoms with E-state index >= 15 is 0 Å². The van der Waals surface area contributed by atoms with Gasteiger partial charge in [0.1, 0.15) is 10.2 Å². The highest BCUT2D eigenvalue weighted by atomic mass is 79.9. The van der Waals surface area contributed by atoms with Gasteiger partial charge in [0, 0.05) is 6.20 Å². The van der Waals surface area contributed by atoms with Crippen LogP contribution >= 0.6 is 15.9 Å². The zero-order valence-electron chi connectivity index (χ0n) is 10.3. The zero-order valence-corrected chi connectivity index (χ0v) is 11.9. The first-order valence-electron chi connectivity index (χ1n) is 5.78. The SMILES string of the molecule is CC(C)Cc1nc(-c2ccccn2)[nH]c(=O)c1Br. The van der Waals surface area contributed by atoms with Crippen molar-refractivity contribution in [1.82, 2.24) is 15.0 Å². The van der Waals surface area contributed by atoms with Crippen LogP contribution in [0.5, 0.6) is 0 Å². The summed E-state index contributed by atoms with van der Waals surface area (Å²) in [5, 5.41) is 0. The number of hydrogen-bond acceptors (Lipinski definition) is 3. The van der Waals surface area contributed by atoms with Crippen LogP contribution in [0.25, 0.3) is 11.5 Å². The Bertz CT molecular complexity index is 593. The van der Waals surface area contributed by atoms with Crippen molar-refractivity contribution in [3.8, 4) is 11.5 Å². The van der Waals surface area contributed by atoms with Gasteiger partial charge in [0.25, 0.3) is 5.56 Å². The number of rotatable bonds is 3. The summed E-state index contributed by atoms with van der Waals surface area (Å²) in [4.78, 5) is 23.2. The molecule has 0 saturated carbocycles. The number of halogens is 1. The van der Waals surface area contributed by atoms with E-state index in [1.54, 1.807) is 6.20 Å². The molecule has 2 aromatic heterocycles. The molecule has 4 nitrogen and oxygen atoms in total. The fraction of sp³-hybridized carbons (Fsp3) is 0.308. The average Bonchev–Trinajstić information content (AvgIpc) is 2.35. The second-order valence-corrected chi connectivity index (χ2v) is 5.28. The Morgan fingerprint density at radius 2 is 2.17 bits per heavy atom. The van der Waals surface area contributed by atoms with Gasteiger partial charge in [-0.05, 0) is 40.4 Å². The van der Waals surface area contributed by atoms with Crippen LogP contribution in [0.4, 0.5) is 0 Å². The van der Waals surface area contributed by atoms with Gasteiger partial charge in [-0.25, -0.2) is 4.98 Å². The van der Waals surface area contributed by atoms with Gasteiger partial charge >= 0.3 is 0 Å². The molecule has 0 radical (unpaired) electrons. The van der Waals surface area contributed by atoms with Crippen molar-refractivity contribution < 1.29 is 0 Å². The molecule has 0 aliphatic carbocycles. The lowest BCUT2D eigenvalue weighted by Gasteiger charge is -2.08. The van der Waals surface area contributed by atoms with Crippen molar-refractivity contribution in [2.45, 2.75) is 20.3 Å². The molecule has 2 rings (SSSR count). The molecule has 5 heteroatoms. The number of hydrogen-bond donors (Lipinski definition) is 1. The number of nitrogens with zero attached hydrogens (tertiary/aromatic N) is 2. The Labute approximate surface area is 114 Å². The molecule has 94 valence electrons. The van der Waals surface area contributed by atoms with Gasteiger partial charge < -0.3 is 4.98 Å². The minimum atomic E-state index is -0.165. The second-order valence-electron chi connectivity index (χ2n) is 4.49. The van der Waals surface area contributed by atoms with Crippen LogP contribution in [0.1, 0.15) is 19.5 Å². The van der Waals surface area contributed by atoms with E-state index in [0.717, 1.165) is 12.1 Å². The highest BCUT2D eigenvalue weighted by molar-refractivity contribution is 9.10. The Morgan fingerprint density at radius 1 is 1.39 bits per heavy atom. The standard InChI is InChI=1S/C13H14BrN3O/c1-8(2)7-10-11(14)13(18)17-12(16-10)9-5-3-4-6-15-9/h3-6,8H,7H2,1-2H3,(H,16,17,18). The van der Waals surface area contributed by atoms with Crippen LogP contribution in [0.2, 0.25) is 0 Å². The summed E-state index contributed by atoms with van der Waals surface area (Å²) in [5.74, 6) is 0.951. The molecule has 0 bridgehead atoms. The van der Waals surface area contributed by atoms with E-state index in [4.69, 9.17) is 0 Å². The van der Waals surface area contributed by atoms with Crippen molar-refractivity contribution in [3.63, 3.8) is 0 Å². The summed E-state index contributed by atoms with van der Waals surface area (Å²) in [6.45, 7) is 4.19. The maximum atomic E-state index is 11.8. The summed E-state index contributed by atoms with van der Waals surface area (Å²) < 4.78 is 0.510. The first-order chi connectivity index (χ1) is 8.58. The van der Waals surface area contributed by atoms with Gasteiger partial charge in [-0.15, -0.1) is 0 Å². The number of pyridine rings is 1. The van der Waals surface area contributed by atoms with Crippen LogP contribution < -0.4 is 5.56 Å². The Balaban J connectivity index is 2.51. The van der Waals surface area contributed by atoms with E-state index in [-0.39, 0.29) is 5.56 Å².